The van der Waals surface area contributed by atoms with Gasteiger partial charge in [0, 0.05) is 12.4 Å². The van der Waals surface area contributed by atoms with Crippen molar-refractivity contribution in [2.75, 3.05) is 13.1 Å². The summed E-state index contributed by atoms with van der Waals surface area (Å²) >= 11 is 0. The maximum atomic E-state index is 12.5. The van der Waals surface area contributed by atoms with E-state index in [9.17, 15) is 13.2 Å². The maximum Gasteiger partial charge on any atom is 0.335 e. The van der Waals surface area contributed by atoms with Crippen molar-refractivity contribution in [1.29, 1.82) is 0 Å². The van der Waals surface area contributed by atoms with Gasteiger partial charge in [0.2, 0.25) is 10.0 Å². The van der Waals surface area contributed by atoms with E-state index in [2.05, 4.69) is 4.98 Å². The van der Waals surface area contributed by atoms with Gasteiger partial charge >= 0.3 is 5.97 Å². The topological polar surface area (TPSA) is 96.8 Å². The van der Waals surface area contributed by atoms with Crippen molar-refractivity contribution >= 4 is 16.0 Å². The molecular formula is C16H16N2O5S. The number of pyridine rings is 1. The molecule has 0 atom stereocenters. The monoisotopic (exact) mass is 348 g/mol. The molecular weight excluding hydrogens is 332 g/mol. The third-order valence-corrected chi connectivity index (χ3v) is 5.48. The molecule has 2 aromatic rings. The van der Waals surface area contributed by atoms with E-state index in [1.165, 1.54) is 22.6 Å². The van der Waals surface area contributed by atoms with Crippen molar-refractivity contribution in [3.8, 4) is 5.75 Å². The second-order valence-electron chi connectivity index (χ2n) is 5.59. The number of aromatic nitrogens is 1. The normalized spacial score (nSPS) is 15.7. The Morgan fingerprint density at radius 1 is 1.29 bits per heavy atom. The van der Waals surface area contributed by atoms with E-state index in [4.69, 9.17) is 9.84 Å². The van der Waals surface area contributed by atoms with Crippen LogP contribution in [0.1, 0.15) is 15.9 Å². The zero-order chi connectivity index (χ0) is 17.3. The molecule has 0 saturated carbocycles. The van der Waals surface area contributed by atoms with Gasteiger partial charge in [-0.2, -0.15) is 4.31 Å². The fourth-order valence-electron chi connectivity index (χ4n) is 2.38. The quantitative estimate of drug-likeness (QED) is 0.880. The van der Waals surface area contributed by atoms with Gasteiger partial charge in [0.15, 0.2) is 0 Å². The summed E-state index contributed by atoms with van der Waals surface area (Å²) in [6.07, 6.45) is 2.62. The van der Waals surface area contributed by atoms with Crippen LogP contribution in [0.2, 0.25) is 0 Å². The molecule has 24 heavy (non-hydrogen) atoms. The Kier molecular flexibility index (Phi) is 4.25. The highest BCUT2D eigenvalue weighted by Gasteiger charge is 2.38. The molecule has 0 aliphatic carbocycles. The predicted molar refractivity (Wildman–Crippen MR) is 85.6 cm³/mol. The lowest BCUT2D eigenvalue weighted by Crippen LogP contribution is -2.55. The number of sulfonamides is 1. The Balaban J connectivity index is 1.65. The summed E-state index contributed by atoms with van der Waals surface area (Å²) in [5, 5.41) is 8.96. The summed E-state index contributed by atoms with van der Waals surface area (Å²) in [6, 6.07) is 7.70. The summed E-state index contributed by atoms with van der Waals surface area (Å²) in [5.74, 6) is -0.626. The first-order chi connectivity index (χ1) is 11.4. The predicted octanol–water partition coefficient (Wildman–Crippen LogP) is 1.54. The van der Waals surface area contributed by atoms with E-state index in [-0.39, 0.29) is 29.7 Å². The fourth-order valence-corrected chi connectivity index (χ4v) is 3.94. The van der Waals surface area contributed by atoms with Crippen LogP contribution in [0.25, 0.3) is 0 Å². The van der Waals surface area contributed by atoms with Crippen LogP contribution in [0, 0.1) is 6.92 Å². The lowest BCUT2D eigenvalue weighted by atomic mass is 10.2. The summed E-state index contributed by atoms with van der Waals surface area (Å²) < 4.78 is 31.9. The summed E-state index contributed by atoms with van der Waals surface area (Å²) in [6.45, 7) is 2.21. The molecule has 8 heteroatoms. The average molecular weight is 348 g/mol. The lowest BCUT2D eigenvalue weighted by molar-refractivity contribution is 0.0687. The van der Waals surface area contributed by atoms with Crippen LogP contribution < -0.4 is 4.74 Å². The second-order valence-corrected chi connectivity index (χ2v) is 7.53. The fraction of sp³-hybridized carbons (Fsp3) is 0.250. The van der Waals surface area contributed by atoms with Crippen molar-refractivity contribution in [2.24, 2.45) is 0 Å². The zero-order valence-corrected chi connectivity index (χ0v) is 13.7. The molecule has 0 radical (unpaired) electrons. The highest BCUT2D eigenvalue weighted by molar-refractivity contribution is 7.89. The number of benzene rings is 1. The minimum Gasteiger partial charge on any atom is -0.488 e. The highest BCUT2D eigenvalue weighted by atomic mass is 32.2. The Labute approximate surface area is 139 Å². The van der Waals surface area contributed by atoms with Crippen molar-refractivity contribution in [3.63, 3.8) is 0 Å². The Hall–Kier alpha value is -2.45. The number of nitrogens with zero attached hydrogens (tertiary/aromatic N) is 2. The second kappa shape index (κ2) is 6.21. The van der Waals surface area contributed by atoms with Gasteiger partial charge in [-0.25, -0.2) is 13.2 Å². The third-order valence-electron chi connectivity index (χ3n) is 3.69. The Morgan fingerprint density at radius 3 is 2.71 bits per heavy atom. The number of aromatic carboxylic acids is 1. The highest BCUT2D eigenvalue weighted by Crippen LogP contribution is 2.25. The minimum atomic E-state index is -3.57. The van der Waals surface area contributed by atoms with E-state index in [1.807, 2.05) is 0 Å². The average Bonchev–Trinajstić information content (AvgIpc) is 2.50. The molecule has 1 aromatic carbocycles. The largest absolute Gasteiger partial charge is 0.488 e. The number of rotatable bonds is 5. The molecule has 3 rings (SSSR count). The molecule has 0 spiro atoms. The molecule has 1 aliphatic rings. The Morgan fingerprint density at radius 2 is 2.04 bits per heavy atom. The van der Waals surface area contributed by atoms with Crippen LogP contribution >= 0.6 is 0 Å². The molecule has 1 aromatic heterocycles. The van der Waals surface area contributed by atoms with Gasteiger partial charge in [-0.3, -0.25) is 4.98 Å². The molecule has 1 N–H and O–H groups in total. The van der Waals surface area contributed by atoms with Crippen LogP contribution in [-0.4, -0.2) is 48.0 Å². The third kappa shape index (κ3) is 3.24. The maximum absolute atomic E-state index is 12.5. The Bertz CT molecular complexity index is 876. The van der Waals surface area contributed by atoms with Crippen LogP contribution in [0.5, 0.6) is 5.75 Å². The molecule has 1 aliphatic heterocycles. The van der Waals surface area contributed by atoms with Crippen molar-refractivity contribution < 1.29 is 23.1 Å². The molecule has 0 amide bonds. The number of carbonyl (C=O) groups is 1. The van der Waals surface area contributed by atoms with E-state index in [1.54, 1.807) is 31.3 Å². The van der Waals surface area contributed by atoms with Crippen LogP contribution in [-0.2, 0) is 10.0 Å². The molecule has 126 valence electrons. The number of aryl methyl sites for hydroxylation is 1. The summed E-state index contributed by atoms with van der Waals surface area (Å²) in [5.41, 5.74) is 0.900. The van der Waals surface area contributed by atoms with Gasteiger partial charge < -0.3 is 9.84 Å². The van der Waals surface area contributed by atoms with E-state index >= 15 is 0 Å². The van der Waals surface area contributed by atoms with Crippen LogP contribution in [0.4, 0.5) is 0 Å². The molecule has 2 heterocycles. The smallest absolute Gasteiger partial charge is 0.335 e. The molecule has 0 bridgehead atoms. The summed E-state index contributed by atoms with van der Waals surface area (Å²) in [4.78, 5) is 15.0. The first-order valence-corrected chi connectivity index (χ1v) is 8.72. The number of ether oxygens (including phenoxy) is 1. The number of hydrogen-bond donors (Lipinski definition) is 1. The van der Waals surface area contributed by atoms with E-state index in [0.29, 0.717) is 5.75 Å². The van der Waals surface area contributed by atoms with Gasteiger partial charge in [-0.05, 0) is 36.8 Å². The number of carboxylic acids is 1. The van der Waals surface area contributed by atoms with Gasteiger partial charge in [0.1, 0.15) is 16.7 Å². The van der Waals surface area contributed by atoms with E-state index < -0.39 is 16.0 Å². The first-order valence-electron chi connectivity index (χ1n) is 7.28. The number of carboxylic acid groups (broad SMARTS) is 1. The molecule has 7 nitrogen and oxygen atoms in total. The van der Waals surface area contributed by atoms with Crippen molar-refractivity contribution in [1.82, 2.24) is 9.29 Å². The van der Waals surface area contributed by atoms with Gasteiger partial charge in [-0.1, -0.05) is 6.07 Å². The SMILES string of the molecule is Cc1cncc(S(=O)(=O)N2CC(Oc3cccc(C(=O)O)c3)C2)c1. The van der Waals surface area contributed by atoms with Crippen molar-refractivity contribution in [3.05, 3.63) is 53.9 Å². The lowest BCUT2D eigenvalue weighted by Gasteiger charge is -2.37. The summed E-state index contributed by atoms with van der Waals surface area (Å²) in [7, 11) is -3.57. The molecule has 1 saturated heterocycles. The molecule has 1 fully saturated rings. The van der Waals surface area contributed by atoms with Crippen molar-refractivity contribution in [2.45, 2.75) is 17.9 Å². The zero-order valence-electron chi connectivity index (χ0n) is 12.9. The minimum absolute atomic E-state index is 0.127. The van der Waals surface area contributed by atoms with Gasteiger partial charge in [-0.15, -0.1) is 0 Å². The first kappa shape index (κ1) is 16.4. The van der Waals surface area contributed by atoms with E-state index in [0.717, 1.165) is 5.56 Å². The van der Waals surface area contributed by atoms with Crippen LogP contribution in [0.15, 0.2) is 47.6 Å². The van der Waals surface area contributed by atoms with Gasteiger partial charge in [0.25, 0.3) is 0 Å². The van der Waals surface area contributed by atoms with Gasteiger partial charge in [0.05, 0.1) is 18.7 Å². The van der Waals surface area contributed by atoms with Crippen LogP contribution in [0.3, 0.4) is 0 Å². The molecule has 0 unspecified atom stereocenters. The standard InChI is InChI=1S/C16H16N2O5S/c1-11-5-15(8-17-7-11)24(21,22)18-9-14(10-18)23-13-4-2-3-12(6-13)16(19)20/h2-8,14H,9-10H2,1H3,(H,19,20). The number of hydrogen-bond acceptors (Lipinski definition) is 5.